The molecule has 0 bridgehead atoms. The molecule has 2 atom stereocenters. The van der Waals surface area contributed by atoms with E-state index in [9.17, 15) is 5.11 Å². The molecule has 0 amide bonds. The van der Waals surface area contributed by atoms with Crippen LogP contribution in [0.2, 0.25) is 0 Å². The minimum atomic E-state index is -0.281. The van der Waals surface area contributed by atoms with Crippen LogP contribution in [0.4, 0.5) is 0 Å². The van der Waals surface area contributed by atoms with Crippen LogP contribution in [-0.4, -0.2) is 23.9 Å². The molecule has 1 N–H and O–H groups in total. The predicted molar refractivity (Wildman–Crippen MR) is 62.8 cm³/mol. The second-order valence-electron chi connectivity index (χ2n) is 5.92. The maximum Gasteiger partial charge on any atom is 0.0852 e. The maximum atomic E-state index is 10.0. The summed E-state index contributed by atoms with van der Waals surface area (Å²) >= 11 is 0. The minimum absolute atomic E-state index is 0.0444. The van der Waals surface area contributed by atoms with Gasteiger partial charge in [-0.15, -0.1) is 0 Å². The summed E-state index contributed by atoms with van der Waals surface area (Å²) < 4.78 is 5.75. The molecule has 0 aromatic carbocycles. The third-order valence-electron chi connectivity index (χ3n) is 3.48. The molecule has 0 aromatic heterocycles. The lowest BCUT2D eigenvalue weighted by Gasteiger charge is -2.25. The van der Waals surface area contributed by atoms with Crippen molar-refractivity contribution in [2.45, 2.75) is 65.6 Å². The summed E-state index contributed by atoms with van der Waals surface area (Å²) in [5.74, 6) is 0.749. The molecule has 2 unspecified atom stereocenters. The lowest BCUT2D eigenvalue weighted by Crippen LogP contribution is -2.33. The van der Waals surface area contributed by atoms with Crippen LogP contribution in [0.15, 0.2) is 0 Å². The predicted octanol–water partition coefficient (Wildman–Crippen LogP) is 2.99. The molecule has 0 radical (unpaired) electrons. The molecule has 1 fully saturated rings. The van der Waals surface area contributed by atoms with E-state index in [0.717, 1.165) is 31.8 Å². The van der Waals surface area contributed by atoms with Crippen LogP contribution in [0.3, 0.4) is 0 Å². The van der Waals surface area contributed by atoms with Crippen LogP contribution < -0.4 is 0 Å². The Balaban J connectivity index is 2.18. The highest BCUT2D eigenvalue weighted by molar-refractivity contribution is 4.91. The molecule has 0 spiro atoms. The van der Waals surface area contributed by atoms with Crippen LogP contribution in [0.1, 0.15) is 53.4 Å². The molecule has 0 aliphatic heterocycles. The van der Waals surface area contributed by atoms with E-state index in [0.29, 0.717) is 0 Å². The highest BCUT2D eigenvalue weighted by Gasteiger charge is 2.41. The van der Waals surface area contributed by atoms with Gasteiger partial charge in [-0.25, -0.2) is 0 Å². The summed E-state index contributed by atoms with van der Waals surface area (Å²) in [5.41, 5.74) is 0.0444. The molecule has 2 heteroatoms. The third kappa shape index (κ3) is 3.76. The molecule has 0 aromatic rings. The Morgan fingerprint density at radius 1 is 1.40 bits per heavy atom. The Labute approximate surface area is 94.0 Å². The molecule has 1 saturated carbocycles. The Morgan fingerprint density at radius 2 is 2.07 bits per heavy atom. The quantitative estimate of drug-likeness (QED) is 0.713. The zero-order valence-electron chi connectivity index (χ0n) is 10.6. The number of hydrogen-bond acceptors (Lipinski definition) is 2. The summed E-state index contributed by atoms with van der Waals surface area (Å²) in [6.45, 7) is 9.50. The van der Waals surface area contributed by atoms with Gasteiger partial charge >= 0.3 is 0 Å². The second kappa shape index (κ2) is 5.31. The zero-order valence-corrected chi connectivity index (χ0v) is 10.6. The van der Waals surface area contributed by atoms with Crippen LogP contribution >= 0.6 is 0 Å². The Morgan fingerprint density at radius 3 is 2.53 bits per heavy atom. The Kier molecular flexibility index (Phi) is 4.60. The number of ether oxygens (including phenoxy) is 1. The van der Waals surface area contributed by atoms with E-state index in [1.54, 1.807) is 0 Å². The van der Waals surface area contributed by atoms with Gasteiger partial charge in [0.2, 0.25) is 0 Å². The van der Waals surface area contributed by atoms with Crippen molar-refractivity contribution in [2.75, 3.05) is 6.61 Å². The van der Waals surface area contributed by atoms with Gasteiger partial charge in [0.1, 0.15) is 0 Å². The largest absolute Gasteiger partial charge is 0.390 e. The van der Waals surface area contributed by atoms with Crippen molar-refractivity contribution in [3.8, 4) is 0 Å². The molecular weight excluding hydrogens is 188 g/mol. The van der Waals surface area contributed by atoms with Crippen LogP contribution in [-0.2, 0) is 4.74 Å². The fourth-order valence-corrected chi connectivity index (χ4v) is 2.22. The topological polar surface area (TPSA) is 29.5 Å². The number of aliphatic hydroxyl groups excluding tert-OH is 1. The summed E-state index contributed by atoms with van der Waals surface area (Å²) in [5, 5.41) is 10.0. The van der Waals surface area contributed by atoms with E-state index in [-0.39, 0.29) is 17.6 Å². The maximum absolute atomic E-state index is 10.0. The summed E-state index contributed by atoms with van der Waals surface area (Å²) in [6.07, 6.45) is 4.20. The Bertz CT molecular complexity index is 187. The molecule has 1 aliphatic rings. The van der Waals surface area contributed by atoms with Crippen molar-refractivity contribution in [2.24, 2.45) is 11.3 Å². The fraction of sp³-hybridized carbons (Fsp3) is 1.00. The zero-order chi connectivity index (χ0) is 11.5. The van der Waals surface area contributed by atoms with E-state index in [4.69, 9.17) is 4.74 Å². The van der Waals surface area contributed by atoms with Gasteiger partial charge in [-0.05, 0) is 37.0 Å². The molecule has 1 rings (SSSR count). The van der Waals surface area contributed by atoms with E-state index < -0.39 is 0 Å². The fourth-order valence-electron chi connectivity index (χ4n) is 2.22. The first-order valence-electron chi connectivity index (χ1n) is 6.23. The first kappa shape index (κ1) is 13.0. The Hall–Kier alpha value is -0.0800. The van der Waals surface area contributed by atoms with Gasteiger partial charge < -0.3 is 9.84 Å². The first-order chi connectivity index (χ1) is 6.93. The SMILES string of the molecule is CC(C)CCCOC1CCC(C)(C)C1O. The van der Waals surface area contributed by atoms with Gasteiger partial charge in [0, 0.05) is 6.61 Å². The summed E-state index contributed by atoms with van der Waals surface area (Å²) in [4.78, 5) is 0. The van der Waals surface area contributed by atoms with Crippen molar-refractivity contribution in [1.29, 1.82) is 0 Å². The average molecular weight is 214 g/mol. The second-order valence-corrected chi connectivity index (χ2v) is 5.92. The van der Waals surface area contributed by atoms with Gasteiger partial charge in [-0.2, -0.15) is 0 Å². The molecule has 1 aliphatic carbocycles. The highest BCUT2D eigenvalue weighted by Crippen LogP contribution is 2.38. The lowest BCUT2D eigenvalue weighted by molar-refractivity contribution is -0.0507. The van der Waals surface area contributed by atoms with Gasteiger partial charge in [0.05, 0.1) is 12.2 Å². The smallest absolute Gasteiger partial charge is 0.0852 e. The van der Waals surface area contributed by atoms with Crippen LogP contribution in [0.5, 0.6) is 0 Å². The standard InChI is InChI=1S/C13H26O2/c1-10(2)6-5-9-15-11-7-8-13(3,4)12(11)14/h10-12,14H,5-9H2,1-4H3. The van der Waals surface area contributed by atoms with Crippen molar-refractivity contribution in [1.82, 2.24) is 0 Å². The number of hydrogen-bond donors (Lipinski definition) is 1. The highest BCUT2D eigenvalue weighted by atomic mass is 16.5. The molecule has 0 saturated heterocycles. The van der Waals surface area contributed by atoms with E-state index in [1.807, 2.05) is 0 Å². The van der Waals surface area contributed by atoms with Crippen LogP contribution in [0, 0.1) is 11.3 Å². The third-order valence-corrected chi connectivity index (χ3v) is 3.48. The van der Waals surface area contributed by atoms with Crippen molar-refractivity contribution in [3.63, 3.8) is 0 Å². The lowest BCUT2D eigenvalue weighted by atomic mass is 9.89. The molecule has 2 nitrogen and oxygen atoms in total. The van der Waals surface area contributed by atoms with Crippen molar-refractivity contribution in [3.05, 3.63) is 0 Å². The van der Waals surface area contributed by atoms with E-state index >= 15 is 0 Å². The summed E-state index contributed by atoms with van der Waals surface area (Å²) in [7, 11) is 0. The minimum Gasteiger partial charge on any atom is -0.390 e. The first-order valence-corrected chi connectivity index (χ1v) is 6.23. The van der Waals surface area contributed by atoms with Crippen molar-refractivity contribution >= 4 is 0 Å². The average Bonchev–Trinajstić information content (AvgIpc) is 2.38. The van der Waals surface area contributed by atoms with Gasteiger partial charge in [0.25, 0.3) is 0 Å². The molecule has 90 valence electrons. The summed E-state index contributed by atoms with van der Waals surface area (Å²) in [6, 6.07) is 0. The van der Waals surface area contributed by atoms with Crippen LogP contribution in [0.25, 0.3) is 0 Å². The van der Waals surface area contributed by atoms with Gasteiger partial charge in [-0.1, -0.05) is 27.7 Å². The number of aliphatic hydroxyl groups is 1. The van der Waals surface area contributed by atoms with E-state index in [2.05, 4.69) is 27.7 Å². The van der Waals surface area contributed by atoms with Crippen molar-refractivity contribution < 1.29 is 9.84 Å². The van der Waals surface area contributed by atoms with Gasteiger partial charge in [-0.3, -0.25) is 0 Å². The van der Waals surface area contributed by atoms with Gasteiger partial charge in [0.15, 0.2) is 0 Å². The van der Waals surface area contributed by atoms with E-state index in [1.165, 1.54) is 6.42 Å². The monoisotopic (exact) mass is 214 g/mol. The normalized spacial score (nSPS) is 30.0. The molecule has 0 heterocycles. The molecule has 15 heavy (non-hydrogen) atoms. The molecular formula is C13H26O2. The number of rotatable bonds is 5.